The minimum absolute atomic E-state index is 0.0873. The maximum absolute atomic E-state index is 10.4. The van der Waals surface area contributed by atoms with Gasteiger partial charge in [-0.1, -0.05) is 12.1 Å². The minimum Gasteiger partial charge on any atom is -0.750 e. The molecule has 0 spiro atoms. The molecule has 1 aromatic carbocycles. The molecule has 6 heteroatoms. The second kappa shape index (κ2) is 4.85. The van der Waals surface area contributed by atoms with Crippen LogP contribution in [0, 0.1) is 0 Å². The Kier molecular flexibility index (Phi) is 3.75. The normalized spacial score (nSPS) is 12.4. The van der Waals surface area contributed by atoms with Crippen LogP contribution in [0.25, 0.3) is 0 Å². The third-order valence-electron chi connectivity index (χ3n) is 1.52. The fourth-order valence-electron chi connectivity index (χ4n) is 0.860. The van der Waals surface area contributed by atoms with Gasteiger partial charge >= 0.3 is 5.97 Å². The van der Waals surface area contributed by atoms with E-state index in [4.69, 9.17) is 5.11 Å². The molecule has 1 aromatic rings. The molecule has 0 heterocycles. The first-order chi connectivity index (χ1) is 6.59. The summed E-state index contributed by atoms with van der Waals surface area (Å²) in [5.74, 6) is -1.02. The average molecular weight is 215 g/mol. The quantitative estimate of drug-likeness (QED) is 0.747. The first-order valence-corrected chi connectivity index (χ1v) is 4.64. The Morgan fingerprint density at radius 3 is 2.43 bits per heavy atom. The van der Waals surface area contributed by atoms with Crippen molar-refractivity contribution >= 4 is 17.3 Å². The van der Waals surface area contributed by atoms with Gasteiger partial charge in [-0.2, -0.15) is 0 Å². The summed E-state index contributed by atoms with van der Waals surface area (Å²) in [6.07, 6.45) is 0. The molecule has 1 rings (SSSR count). The Bertz CT molecular complexity index is 345. The fraction of sp³-hybridized carbons (Fsp3) is 0.125. The van der Waals surface area contributed by atoms with Crippen LogP contribution in [0.5, 0.6) is 0 Å². The number of hydrogen-bond acceptors (Lipinski definition) is 4. The molecule has 0 amide bonds. The van der Waals surface area contributed by atoms with Crippen LogP contribution in [-0.2, 0) is 22.2 Å². The van der Waals surface area contributed by atoms with Crippen LogP contribution in [0.3, 0.4) is 0 Å². The van der Waals surface area contributed by atoms with E-state index in [-0.39, 0.29) is 12.2 Å². The second-order valence-electron chi connectivity index (χ2n) is 2.47. The van der Waals surface area contributed by atoms with Gasteiger partial charge in [-0.05, 0) is 17.7 Å². The zero-order chi connectivity index (χ0) is 10.6. The van der Waals surface area contributed by atoms with E-state index in [0.717, 1.165) is 0 Å². The van der Waals surface area contributed by atoms with Crippen molar-refractivity contribution in [3.05, 3.63) is 35.4 Å². The molecular formula is C8H7O5S-. The van der Waals surface area contributed by atoms with Crippen molar-refractivity contribution in [1.82, 2.24) is 0 Å². The second-order valence-corrected chi connectivity index (χ2v) is 3.11. The van der Waals surface area contributed by atoms with Crippen molar-refractivity contribution in [2.45, 2.75) is 6.61 Å². The number of carboxylic acids is 1. The number of benzene rings is 1. The van der Waals surface area contributed by atoms with E-state index in [1.54, 1.807) is 0 Å². The van der Waals surface area contributed by atoms with Crippen molar-refractivity contribution in [3.63, 3.8) is 0 Å². The molecule has 1 N–H and O–H groups in total. The Morgan fingerprint density at radius 1 is 1.43 bits per heavy atom. The molecule has 0 saturated heterocycles. The molecule has 0 bridgehead atoms. The van der Waals surface area contributed by atoms with Crippen molar-refractivity contribution < 1.29 is 22.8 Å². The highest BCUT2D eigenvalue weighted by molar-refractivity contribution is 7.74. The number of hydrogen-bond donors (Lipinski definition) is 1. The molecule has 5 nitrogen and oxygen atoms in total. The van der Waals surface area contributed by atoms with Crippen LogP contribution < -0.4 is 0 Å². The van der Waals surface area contributed by atoms with Crippen molar-refractivity contribution in [2.75, 3.05) is 0 Å². The minimum atomic E-state index is -2.55. The Hall–Kier alpha value is -1.24. The lowest BCUT2D eigenvalue weighted by atomic mass is 10.1. The average Bonchev–Trinajstić information content (AvgIpc) is 2.15. The van der Waals surface area contributed by atoms with Gasteiger partial charge in [0.25, 0.3) is 0 Å². The van der Waals surface area contributed by atoms with E-state index < -0.39 is 17.3 Å². The lowest BCUT2D eigenvalue weighted by Crippen LogP contribution is -1.98. The van der Waals surface area contributed by atoms with Crippen LogP contribution >= 0.6 is 0 Å². The summed E-state index contributed by atoms with van der Waals surface area (Å²) in [5, 5.41) is 8.56. The SMILES string of the molecule is O=C(O)c1ccc(COS(=O)[O-])cc1. The molecule has 0 fully saturated rings. The maximum atomic E-state index is 10.4. The smallest absolute Gasteiger partial charge is 0.335 e. The first kappa shape index (κ1) is 10.8. The van der Waals surface area contributed by atoms with Crippen LogP contribution in [0.1, 0.15) is 15.9 Å². The summed E-state index contributed by atoms with van der Waals surface area (Å²) >= 11 is -2.55. The van der Waals surface area contributed by atoms with Crippen LogP contribution in [-0.4, -0.2) is 19.8 Å². The van der Waals surface area contributed by atoms with E-state index in [1.165, 1.54) is 24.3 Å². The predicted octanol–water partition coefficient (Wildman–Crippen LogP) is 0.696. The number of aromatic carboxylic acids is 1. The highest BCUT2D eigenvalue weighted by Gasteiger charge is 2.01. The van der Waals surface area contributed by atoms with Crippen LogP contribution in [0.2, 0.25) is 0 Å². The zero-order valence-corrected chi connectivity index (χ0v) is 7.82. The monoisotopic (exact) mass is 215 g/mol. The van der Waals surface area contributed by atoms with Crippen LogP contribution in [0.4, 0.5) is 0 Å². The summed E-state index contributed by atoms with van der Waals surface area (Å²) in [5.41, 5.74) is 0.746. The Balaban J connectivity index is 2.64. The van der Waals surface area contributed by atoms with Gasteiger partial charge in [-0.15, -0.1) is 0 Å². The number of rotatable bonds is 4. The zero-order valence-electron chi connectivity index (χ0n) is 7.00. The summed E-state index contributed by atoms with van der Waals surface area (Å²) in [7, 11) is 0. The topological polar surface area (TPSA) is 86.7 Å². The third-order valence-corrected chi connectivity index (χ3v) is 1.83. The summed E-state index contributed by atoms with van der Waals surface area (Å²) in [6.45, 7) is -0.0873. The van der Waals surface area contributed by atoms with Gasteiger partial charge < -0.3 is 9.66 Å². The first-order valence-electron chi connectivity index (χ1n) is 3.64. The standard InChI is InChI=1S/C8H8O5S/c9-8(10)7-3-1-6(2-4-7)5-13-14(11)12/h1-4H,5H2,(H,9,10)(H,11,12)/p-1. The Labute approximate surface area is 82.8 Å². The fourth-order valence-corrected chi connectivity index (χ4v) is 1.09. The summed E-state index contributed by atoms with van der Waals surface area (Å²) < 4.78 is 24.4. The molecule has 0 aliphatic heterocycles. The van der Waals surface area contributed by atoms with Gasteiger partial charge in [0.05, 0.1) is 23.5 Å². The summed E-state index contributed by atoms with van der Waals surface area (Å²) in [4.78, 5) is 10.4. The van der Waals surface area contributed by atoms with Gasteiger partial charge in [-0.25, -0.2) is 9.00 Å². The third kappa shape index (κ3) is 3.25. The maximum Gasteiger partial charge on any atom is 0.335 e. The van der Waals surface area contributed by atoms with E-state index in [9.17, 15) is 13.6 Å². The van der Waals surface area contributed by atoms with Gasteiger partial charge in [0.2, 0.25) is 0 Å². The predicted molar refractivity (Wildman–Crippen MR) is 47.1 cm³/mol. The largest absolute Gasteiger partial charge is 0.750 e. The molecule has 1 unspecified atom stereocenters. The van der Waals surface area contributed by atoms with Gasteiger partial charge in [0.15, 0.2) is 0 Å². The van der Waals surface area contributed by atoms with Crippen LogP contribution in [0.15, 0.2) is 24.3 Å². The molecule has 76 valence electrons. The van der Waals surface area contributed by atoms with E-state index in [0.29, 0.717) is 5.56 Å². The summed E-state index contributed by atoms with van der Waals surface area (Å²) in [6, 6.07) is 5.76. The molecule has 0 aliphatic carbocycles. The molecule has 14 heavy (non-hydrogen) atoms. The molecular weight excluding hydrogens is 208 g/mol. The van der Waals surface area contributed by atoms with E-state index in [1.807, 2.05) is 0 Å². The van der Waals surface area contributed by atoms with E-state index in [2.05, 4.69) is 4.18 Å². The lowest BCUT2D eigenvalue weighted by molar-refractivity contribution is 0.0697. The molecule has 0 aromatic heterocycles. The van der Waals surface area contributed by atoms with Gasteiger partial charge in [-0.3, -0.25) is 4.18 Å². The number of carboxylic acid groups (broad SMARTS) is 1. The molecule has 0 saturated carbocycles. The lowest BCUT2D eigenvalue weighted by Gasteiger charge is -2.05. The Morgan fingerprint density at radius 2 is 2.00 bits per heavy atom. The van der Waals surface area contributed by atoms with Crippen molar-refractivity contribution in [2.24, 2.45) is 0 Å². The van der Waals surface area contributed by atoms with Gasteiger partial charge in [0, 0.05) is 0 Å². The highest BCUT2D eigenvalue weighted by Crippen LogP contribution is 2.06. The number of carbonyl (C=O) groups is 1. The van der Waals surface area contributed by atoms with Crippen molar-refractivity contribution in [1.29, 1.82) is 0 Å². The van der Waals surface area contributed by atoms with Gasteiger partial charge in [0.1, 0.15) is 0 Å². The molecule has 0 radical (unpaired) electrons. The molecule has 1 atom stereocenters. The van der Waals surface area contributed by atoms with E-state index >= 15 is 0 Å². The van der Waals surface area contributed by atoms with Crippen molar-refractivity contribution in [3.8, 4) is 0 Å². The highest BCUT2D eigenvalue weighted by atomic mass is 32.2. The molecule has 0 aliphatic rings.